The van der Waals surface area contributed by atoms with Gasteiger partial charge in [-0.25, -0.2) is 15.0 Å². The van der Waals surface area contributed by atoms with Gasteiger partial charge in [0.2, 0.25) is 5.95 Å². The molecule has 1 saturated heterocycles. The number of piperidine rings is 1. The molecule has 5 atom stereocenters. The lowest BCUT2D eigenvalue weighted by atomic mass is 9.77. The van der Waals surface area contributed by atoms with E-state index in [0.29, 0.717) is 34.5 Å². The molecule has 8 nitrogen and oxygen atoms in total. The van der Waals surface area contributed by atoms with Crippen LogP contribution in [-0.4, -0.2) is 59.7 Å². The number of hydrogen-bond donors (Lipinski definition) is 2. The zero-order valence-electron chi connectivity index (χ0n) is 16.9. The van der Waals surface area contributed by atoms with Crippen molar-refractivity contribution in [2.45, 2.75) is 53.2 Å². The summed E-state index contributed by atoms with van der Waals surface area (Å²) in [5.74, 6) is 3.98. The summed E-state index contributed by atoms with van der Waals surface area (Å²) >= 11 is 5.93. The van der Waals surface area contributed by atoms with Gasteiger partial charge in [-0.05, 0) is 37.5 Å². The Morgan fingerprint density at radius 1 is 1.23 bits per heavy atom. The maximum atomic E-state index is 12.9. The minimum atomic E-state index is -1.05. The van der Waals surface area contributed by atoms with Crippen LogP contribution in [0.5, 0.6) is 0 Å². The predicted octanol–water partition coefficient (Wildman–Crippen LogP) is 2.07. The average Bonchev–Trinajstić information content (AvgIpc) is 3.61. The molecule has 0 amide bonds. The van der Waals surface area contributed by atoms with Crippen LogP contribution in [0.1, 0.15) is 49.0 Å². The smallest absolute Gasteiger partial charge is 0.227 e. The van der Waals surface area contributed by atoms with E-state index in [1.54, 1.807) is 12.4 Å². The number of anilines is 2. The SMILES string of the molecule is O=[S@@]1c2c(NC3(CO)CCC3)nc(N3CC4C(C3)C4c3ncc(Cl)cn3)nc2C2CC21. The second kappa shape index (κ2) is 6.36. The molecule has 4 unspecified atom stereocenters. The first kappa shape index (κ1) is 18.7. The summed E-state index contributed by atoms with van der Waals surface area (Å²) in [5, 5.41) is 14.2. The van der Waals surface area contributed by atoms with E-state index in [-0.39, 0.29) is 17.4 Å². The molecule has 5 aliphatic rings. The van der Waals surface area contributed by atoms with E-state index in [0.717, 1.165) is 61.1 Å². The first-order valence-electron chi connectivity index (χ1n) is 11.0. The van der Waals surface area contributed by atoms with Crippen molar-refractivity contribution in [2.24, 2.45) is 11.8 Å². The van der Waals surface area contributed by atoms with Crippen molar-refractivity contribution >= 4 is 34.2 Å². The number of nitrogens with one attached hydrogen (secondary N) is 1. The highest BCUT2D eigenvalue weighted by atomic mass is 35.5. The van der Waals surface area contributed by atoms with Crippen molar-refractivity contribution in [3.8, 4) is 0 Å². The number of nitrogens with zero attached hydrogens (tertiary/aromatic N) is 5. The molecule has 3 saturated carbocycles. The molecule has 0 bridgehead atoms. The molecule has 4 fully saturated rings. The van der Waals surface area contributed by atoms with Crippen molar-refractivity contribution in [3.63, 3.8) is 0 Å². The second-order valence-electron chi connectivity index (χ2n) is 9.70. The molecule has 3 aliphatic carbocycles. The highest BCUT2D eigenvalue weighted by molar-refractivity contribution is 7.86. The Morgan fingerprint density at radius 2 is 1.97 bits per heavy atom. The van der Waals surface area contributed by atoms with Crippen molar-refractivity contribution in [1.29, 1.82) is 0 Å². The molecule has 2 aliphatic heterocycles. The molecule has 162 valence electrons. The van der Waals surface area contributed by atoms with Crippen LogP contribution in [0.3, 0.4) is 0 Å². The van der Waals surface area contributed by atoms with E-state index in [1.165, 1.54) is 0 Å². The number of halogens is 1. The first-order chi connectivity index (χ1) is 15.1. The minimum absolute atomic E-state index is 0.0667. The lowest BCUT2D eigenvalue weighted by Crippen LogP contribution is -2.48. The van der Waals surface area contributed by atoms with E-state index < -0.39 is 10.8 Å². The maximum absolute atomic E-state index is 12.9. The summed E-state index contributed by atoms with van der Waals surface area (Å²) in [6.45, 7) is 1.82. The third-order valence-electron chi connectivity index (χ3n) is 7.85. The highest BCUT2D eigenvalue weighted by Gasteiger charge is 2.59. The fraction of sp³-hybridized carbons (Fsp3) is 0.619. The van der Waals surface area contributed by atoms with Gasteiger partial charge in [-0.2, -0.15) is 4.98 Å². The summed E-state index contributed by atoms with van der Waals surface area (Å²) in [7, 11) is -1.05. The zero-order valence-corrected chi connectivity index (χ0v) is 18.4. The molecule has 0 spiro atoms. The van der Waals surface area contributed by atoms with E-state index >= 15 is 0 Å². The van der Waals surface area contributed by atoms with Gasteiger partial charge in [-0.3, -0.25) is 4.21 Å². The third-order valence-corrected chi connectivity index (χ3v) is 9.92. The van der Waals surface area contributed by atoms with E-state index in [1.807, 2.05) is 0 Å². The van der Waals surface area contributed by atoms with Crippen LogP contribution in [0.2, 0.25) is 5.02 Å². The Labute approximate surface area is 187 Å². The van der Waals surface area contributed by atoms with Gasteiger partial charge >= 0.3 is 0 Å². The first-order valence-corrected chi connectivity index (χ1v) is 12.6. The molecule has 2 aromatic rings. The van der Waals surface area contributed by atoms with Crippen LogP contribution in [0, 0.1) is 11.8 Å². The monoisotopic (exact) mass is 458 g/mol. The maximum Gasteiger partial charge on any atom is 0.227 e. The number of aromatic nitrogens is 4. The van der Waals surface area contributed by atoms with Crippen LogP contribution in [0.25, 0.3) is 0 Å². The average molecular weight is 459 g/mol. The second-order valence-corrected chi connectivity index (χ2v) is 11.7. The number of fused-ring (bicyclic) bond motifs is 4. The Hall–Kier alpha value is -1.84. The van der Waals surface area contributed by atoms with Gasteiger partial charge in [0.05, 0.1) is 33.7 Å². The van der Waals surface area contributed by atoms with Gasteiger partial charge in [0.25, 0.3) is 0 Å². The molecule has 0 aromatic carbocycles. The molecule has 7 rings (SSSR count). The van der Waals surface area contributed by atoms with Gasteiger partial charge in [0, 0.05) is 42.6 Å². The van der Waals surface area contributed by atoms with Crippen LogP contribution in [0.4, 0.5) is 11.8 Å². The van der Waals surface area contributed by atoms with Crippen LogP contribution in [-0.2, 0) is 10.8 Å². The summed E-state index contributed by atoms with van der Waals surface area (Å²) < 4.78 is 12.9. The molecular formula is C21H23ClN6O2S. The minimum Gasteiger partial charge on any atom is -0.394 e. The lowest BCUT2D eigenvalue weighted by Gasteiger charge is -2.41. The fourth-order valence-corrected chi connectivity index (χ4v) is 7.62. The van der Waals surface area contributed by atoms with Gasteiger partial charge in [-0.15, -0.1) is 0 Å². The topological polar surface area (TPSA) is 104 Å². The van der Waals surface area contributed by atoms with Gasteiger partial charge in [0.15, 0.2) is 0 Å². The summed E-state index contributed by atoms with van der Waals surface area (Å²) in [6.07, 6.45) is 7.21. The normalized spacial score (nSPS) is 35.7. The molecule has 31 heavy (non-hydrogen) atoms. The molecule has 0 radical (unpaired) electrons. The molecule has 10 heteroatoms. The Bertz CT molecular complexity index is 1090. The van der Waals surface area contributed by atoms with Crippen molar-refractivity contribution in [2.75, 3.05) is 29.9 Å². The highest BCUT2D eigenvalue weighted by Crippen LogP contribution is 2.59. The molecular weight excluding hydrogens is 436 g/mol. The van der Waals surface area contributed by atoms with E-state index in [9.17, 15) is 9.32 Å². The third kappa shape index (κ3) is 2.72. The number of rotatable bonds is 5. The number of aliphatic hydroxyl groups excluding tert-OH is 1. The standard InChI is InChI=1S/C21H23ClN6O2S/c22-10-5-23-18(24-6-10)15-12-7-28(8-13(12)15)20-25-16-11-4-14(11)31(30)17(16)19(26-20)27-21(9-29)2-1-3-21/h5-6,11-15,29H,1-4,7-9H2,(H,25,26,27)/t11?,12?,13?,14?,15?,31-/m0/s1. The largest absolute Gasteiger partial charge is 0.394 e. The van der Waals surface area contributed by atoms with Crippen molar-refractivity contribution in [3.05, 3.63) is 28.9 Å². The zero-order chi connectivity index (χ0) is 20.9. The van der Waals surface area contributed by atoms with Crippen LogP contribution in [0.15, 0.2) is 17.3 Å². The Morgan fingerprint density at radius 3 is 2.61 bits per heavy atom. The van der Waals surface area contributed by atoms with Crippen LogP contribution < -0.4 is 10.2 Å². The fourth-order valence-electron chi connectivity index (χ4n) is 5.72. The van der Waals surface area contributed by atoms with Crippen LogP contribution >= 0.6 is 11.6 Å². The van der Waals surface area contributed by atoms with Crippen molar-refractivity contribution in [1.82, 2.24) is 19.9 Å². The van der Waals surface area contributed by atoms with E-state index in [4.69, 9.17) is 21.6 Å². The van der Waals surface area contributed by atoms with E-state index in [2.05, 4.69) is 20.2 Å². The Kier molecular flexibility index (Phi) is 3.84. The molecule has 2 aromatic heterocycles. The predicted molar refractivity (Wildman–Crippen MR) is 116 cm³/mol. The van der Waals surface area contributed by atoms with Crippen molar-refractivity contribution < 1.29 is 9.32 Å². The van der Waals surface area contributed by atoms with Gasteiger partial charge in [-0.1, -0.05) is 11.6 Å². The molecule has 4 heterocycles. The lowest BCUT2D eigenvalue weighted by molar-refractivity contribution is 0.143. The summed E-state index contributed by atoms with van der Waals surface area (Å²) in [5.41, 5.74) is 0.627. The molecule has 2 N–H and O–H groups in total. The summed E-state index contributed by atoms with van der Waals surface area (Å²) in [4.78, 5) is 21.6. The van der Waals surface area contributed by atoms with Gasteiger partial charge in [0.1, 0.15) is 16.5 Å². The summed E-state index contributed by atoms with van der Waals surface area (Å²) in [6, 6.07) is 0. The van der Waals surface area contributed by atoms with Gasteiger partial charge < -0.3 is 15.3 Å². The number of aliphatic hydroxyl groups is 1. The Balaban J connectivity index is 1.17. The quantitative estimate of drug-likeness (QED) is 0.701. The number of hydrogen-bond acceptors (Lipinski definition) is 8.